The van der Waals surface area contributed by atoms with Crippen LogP contribution < -0.4 is 10.6 Å². The van der Waals surface area contributed by atoms with E-state index in [1.165, 1.54) is 0 Å². The maximum absolute atomic E-state index is 5.36. The van der Waals surface area contributed by atoms with Crippen LogP contribution in [0.1, 0.15) is 18.7 Å². The van der Waals surface area contributed by atoms with Crippen molar-refractivity contribution in [3.05, 3.63) is 42.6 Å². The summed E-state index contributed by atoms with van der Waals surface area (Å²) in [7, 11) is 1.75. The molecule has 21 heavy (non-hydrogen) atoms. The van der Waals surface area contributed by atoms with Gasteiger partial charge in [0.2, 0.25) is 11.9 Å². The summed E-state index contributed by atoms with van der Waals surface area (Å²) in [6.07, 6.45) is 5.07. The molecule has 0 saturated carbocycles. The van der Waals surface area contributed by atoms with Crippen molar-refractivity contribution in [2.24, 2.45) is 0 Å². The molecule has 108 valence electrons. The summed E-state index contributed by atoms with van der Waals surface area (Å²) in [5.74, 6) is 2.16. The van der Waals surface area contributed by atoms with Crippen molar-refractivity contribution in [2.75, 3.05) is 17.7 Å². The van der Waals surface area contributed by atoms with E-state index in [0.717, 1.165) is 5.76 Å². The Balaban J connectivity index is 1.89. The second-order valence-electron chi connectivity index (χ2n) is 4.36. The van der Waals surface area contributed by atoms with Crippen LogP contribution in [-0.4, -0.2) is 31.8 Å². The highest BCUT2D eigenvalue weighted by Gasteiger charge is 2.12. The smallest absolute Gasteiger partial charge is 0.257 e. The predicted octanol–water partition coefficient (Wildman–Crippen LogP) is 1.87. The summed E-state index contributed by atoms with van der Waals surface area (Å²) in [4.78, 5) is 12.9. The number of hydrogen-bond donors (Lipinski definition) is 2. The lowest BCUT2D eigenvalue weighted by Gasteiger charge is -2.12. The van der Waals surface area contributed by atoms with E-state index >= 15 is 0 Å². The van der Waals surface area contributed by atoms with Crippen LogP contribution in [-0.2, 0) is 0 Å². The number of rotatable bonds is 5. The van der Waals surface area contributed by atoms with E-state index in [-0.39, 0.29) is 6.04 Å². The standard InChI is InChI=1S/C13H15N7O/c1-9(10-5-3-8-21-10)16-12-17-11(14-2)18-13(19-12)20-7-4-6-15-20/h3-9H,1-2H3,(H2,14,16,17,18,19). The van der Waals surface area contributed by atoms with Crippen LogP contribution in [0.5, 0.6) is 0 Å². The number of anilines is 2. The molecule has 3 aromatic heterocycles. The van der Waals surface area contributed by atoms with E-state index in [1.807, 2.05) is 19.1 Å². The summed E-state index contributed by atoms with van der Waals surface area (Å²) >= 11 is 0. The molecule has 0 saturated heterocycles. The zero-order valence-corrected chi connectivity index (χ0v) is 11.7. The largest absolute Gasteiger partial charge is 0.467 e. The van der Waals surface area contributed by atoms with Gasteiger partial charge in [0.05, 0.1) is 12.3 Å². The summed E-state index contributed by atoms with van der Waals surface area (Å²) in [5.41, 5.74) is 0. The van der Waals surface area contributed by atoms with Gasteiger partial charge in [-0.2, -0.15) is 20.1 Å². The zero-order chi connectivity index (χ0) is 14.7. The second kappa shape index (κ2) is 5.61. The van der Waals surface area contributed by atoms with Gasteiger partial charge >= 0.3 is 0 Å². The van der Waals surface area contributed by atoms with E-state index in [4.69, 9.17) is 4.42 Å². The minimum absolute atomic E-state index is 0.0578. The van der Waals surface area contributed by atoms with Gasteiger partial charge in [-0.1, -0.05) is 0 Å². The lowest BCUT2D eigenvalue weighted by molar-refractivity contribution is 0.489. The van der Waals surface area contributed by atoms with E-state index < -0.39 is 0 Å². The molecule has 0 spiro atoms. The first-order valence-electron chi connectivity index (χ1n) is 6.50. The van der Waals surface area contributed by atoms with Crippen LogP contribution in [0.25, 0.3) is 5.95 Å². The van der Waals surface area contributed by atoms with Crippen LogP contribution in [0, 0.1) is 0 Å². The molecular weight excluding hydrogens is 270 g/mol. The van der Waals surface area contributed by atoms with Crippen molar-refractivity contribution in [2.45, 2.75) is 13.0 Å². The van der Waals surface area contributed by atoms with Crippen LogP contribution in [0.3, 0.4) is 0 Å². The Morgan fingerprint density at radius 1 is 1.19 bits per heavy atom. The van der Waals surface area contributed by atoms with Crippen molar-refractivity contribution in [1.29, 1.82) is 0 Å². The molecule has 0 aliphatic rings. The van der Waals surface area contributed by atoms with E-state index in [0.29, 0.717) is 17.8 Å². The summed E-state index contributed by atoms with van der Waals surface area (Å²) in [6, 6.07) is 5.49. The molecule has 0 aliphatic carbocycles. The lowest BCUT2D eigenvalue weighted by Crippen LogP contribution is -2.13. The molecule has 0 radical (unpaired) electrons. The SMILES string of the molecule is CNc1nc(NC(C)c2ccco2)nc(-n2cccn2)n1. The summed E-state index contributed by atoms with van der Waals surface area (Å²) in [6.45, 7) is 1.97. The maximum Gasteiger partial charge on any atom is 0.257 e. The van der Waals surface area contributed by atoms with E-state index in [1.54, 1.807) is 36.5 Å². The topological polar surface area (TPSA) is 93.7 Å². The second-order valence-corrected chi connectivity index (χ2v) is 4.36. The molecule has 0 aliphatic heterocycles. The van der Waals surface area contributed by atoms with Crippen molar-refractivity contribution in [1.82, 2.24) is 24.7 Å². The molecule has 3 heterocycles. The quantitative estimate of drug-likeness (QED) is 0.739. The molecule has 8 nitrogen and oxygen atoms in total. The Kier molecular flexibility index (Phi) is 3.50. The maximum atomic E-state index is 5.36. The van der Waals surface area contributed by atoms with Gasteiger partial charge in [0, 0.05) is 19.4 Å². The Morgan fingerprint density at radius 3 is 2.71 bits per heavy atom. The molecule has 3 aromatic rings. The minimum atomic E-state index is -0.0578. The Morgan fingerprint density at radius 2 is 2.05 bits per heavy atom. The number of nitrogens with one attached hydrogen (secondary N) is 2. The molecule has 3 rings (SSSR count). The average molecular weight is 285 g/mol. The number of furan rings is 1. The molecule has 0 aromatic carbocycles. The van der Waals surface area contributed by atoms with Gasteiger partial charge in [0.15, 0.2) is 0 Å². The van der Waals surface area contributed by atoms with Crippen molar-refractivity contribution < 1.29 is 4.42 Å². The third-order valence-electron chi connectivity index (χ3n) is 2.87. The highest BCUT2D eigenvalue weighted by Crippen LogP contribution is 2.18. The Labute approximate surface area is 121 Å². The Bertz CT molecular complexity index is 693. The first-order valence-corrected chi connectivity index (χ1v) is 6.50. The molecule has 0 amide bonds. The van der Waals surface area contributed by atoms with Crippen molar-refractivity contribution in [3.63, 3.8) is 0 Å². The molecule has 0 bridgehead atoms. The van der Waals surface area contributed by atoms with E-state index in [9.17, 15) is 0 Å². The average Bonchev–Trinajstić information content (AvgIpc) is 3.19. The van der Waals surface area contributed by atoms with E-state index in [2.05, 4.69) is 30.7 Å². The van der Waals surface area contributed by atoms with Crippen LogP contribution in [0.4, 0.5) is 11.9 Å². The van der Waals surface area contributed by atoms with Gasteiger partial charge in [-0.3, -0.25) is 0 Å². The highest BCUT2D eigenvalue weighted by molar-refractivity contribution is 5.38. The fraction of sp³-hybridized carbons (Fsp3) is 0.231. The highest BCUT2D eigenvalue weighted by atomic mass is 16.3. The molecule has 1 atom stereocenters. The monoisotopic (exact) mass is 285 g/mol. The van der Waals surface area contributed by atoms with Gasteiger partial charge in [-0.15, -0.1) is 0 Å². The predicted molar refractivity (Wildman–Crippen MR) is 77.2 cm³/mol. The number of nitrogens with zero attached hydrogens (tertiary/aromatic N) is 5. The first kappa shape index (κ1) is 13.1. The summed E-state index contributed by atoms with van der Waals surface area (Å²) < 4.78 is 6.93. The number of aromatic nitrogens is 5. The first-order chi connectivity index (χ1) is 10.3. The molecular formula is C13H15N7O. The van der Waals surface area contributed by atoms with Gasteiger partial charge in [0.1, 0.15) is 5.76 Å². The zero-order valence-electron chi connectivity index (χ0n) is 11.7. The molecule has 2 N–H and O–H groups in total. The van der Waals surface area contributed by atoms with Gasteiger partial charge in [-0.05, 0) is 25.1 Å². The third kappa shape index (κ3) is 2.83. The fourth-order valence-electron chi connectivity index (χ4n) is 1.83. The lowest BCUT2D eigenvalue weighted by atomic mass is 10.2. The number of hydrogen-bond acceptors (Lipinski definition) is 7. The van der Waals surface area contributed by atoms with Crippen LogP contribution >= 0.6 is 0 Å². The van der Waals surface area contributed by atoms with Crippen molar-refractivity contribution in [3.8, 4) is 5.95 Å². The van der Waals surface area contributed by atoms with Crippen LogP contribution in [0.15, 0.2) is 41.3 Å². The fourth-order valence-corrected chi connectivity index (χ4v) is 1.83. The van der Waals surface area contributed by atoms with Gasteiger partial charge in [-0.25, -0.2) is 4.68 Å². The molecule has 8 heteroatoms. The van der Waals surface area contributed by atoms with Crippen LogP contribution in [0.2, 0.25) is 0 Å². The minimum Gasteiger partial charge on any atom is -0.467 e. The Hall–Kier alpha value is -2.90. The normalized spacial score (nSPS) is 12.1. The molecule has 1 unspecified atom stereocenters. The molecule has 0 fully saturated rings. The summed E-state index contributed by atoms with van der Waals surface area (Å²) in [5, 5.41) is 10.2. The van der Waals surface area contributed by atoms with Crippen molar-refractivity contribution >= 4 is 11.9 Å². The van der Waals surface area contributed by atoms with Gasteiger partial charge < -0.3 is 15.1 Å². The third-order valence-corrected chi connectivity index (χ3v) is 2.87. The van der Waals surface area contributed by atoms with Gasteiger partial charge in [0.25, 0.3) is 5.95 Å².